The molecule has 11 heavy (non-hydrogen) atoms. The molecule has 1 heterocycles. The summed E-state index contributed by atoms with van der Waals surface area (Å²) < 4.78 is 24.3. The van der Waals surface area contributed by atoms with Crippen LogP contribution in [0.4, 0.5) is 14.5 Å². The minimum Gasteiger partial charge on any atom is -0.397 e. The molecule has 1 aromatic heterocycles. The SMILES string of the molecule is Nc1cc(C(F)F)cnc1Br. The number of hydrogen-bond donors (Lipinski definition) is 1. The van der Waals surface area contributed by atoms with E-state index in [1.165, 1.54) is 6.07 Å². The predicted octanol–water partition coefficient (Wildman–Crippen LogP) is 2.36. The van der Waals surface area contributed by atoms with E-state index in [2.05, 4.69) is 20.9 Å². The molecule has 0 amide bonds. The van der Waals surface area contributed by atoms with Crippen molar-refractivity contribution in [2.75, 3.05) is 5.73 Å². The molecule has 0 aromatic carbocycles. The first kappa shape index (κ1) is 8.39. The van der Waals surface area contributed by atoms with E-state index in [0.717, 1.165) is 6.20 Å². The lowest BCUT2D eigenvalue weighted by molar-refractivity contribution is 0.151. The van der Waals surface area contributed by atoms with Crippen LogP contribution in [0.5, 0.6) is 0 Å². The van der Waals surface area contributed by atoms with Crippen molar-refractivity contribution < 1.29 is 8.78 Å². The van der Waals surface area contributed by atoms with Gasteiger partial charge in [0.1, 0.15) is 4.60 Å². The van der Waals surface area contributed by atoms with Gasteiger partial charge in [0.25, 0.3) is 6.43 Å². The van der Waals surface area contributed by atoms with E-state index in [1.807, 2.05) is 0 Å². The van der Waals surface area contributed by atoms with Crippen molar-refractivity contribution in [3.63, 3.8) is 0 Å². The van der Waals surface area contributed by atoms with Gasteiger partial charge in [0, 0.05) is 11.8 Å². The first-order chi connectivity index (χ1) is 5.11. The molecular formula is C6H5BrF2N2. The van der Waals surface area contributed by atoms with Gasteiger partial charge < -0.3 is 5.73 Å². The van der Waals surface area contributed by atoms with E-state index in [4.69, 9.17) is 5.73 Å². The fraction of sp³-hybridized carbons (Fsp3) is 0.167. The summed E-state index contributed by atoms with van der Waals surface area (Å²) in [5, 5.41) is 0. The third-order valence-electron chi connectivity index (χ3n) is 1.14. The molecule has 0 radical (unpaired) electrons. The maximum absolute atomic E-state index is 12.0. The minimum atomic E-state index is -2.52. The number of nitrogen functional groups attached to an aromatic ring is 1. The molecule has 0 saturated heterocycles. The number of anilines is 1. The molecule has 0 aliphatic rings. The zero-order valence-electron chi connectivity index (χ0n) is 5.39. The van der Waals surface area contributed by atoms with Crippen molar-refractivity contribution in [1.29, 1.82) is 0 Å². The summed E-state index contributed by atoms with van der Waals surface area (Å²) in [5.74, 6) is 0. The molecule has 0 saturated carbocycles. The van der Waals surface area contributed by atoms with Crippen molar-refractivity contribution >= 4 is 21.6 Å². The van der Waals surface area contributed by atoms with Crippen LogP contribution in [0, 0.1) is 0 Å². The van der Waals surface area contributed by atoms with Crippen LogP contribution >= 0.6 is 15.9 Å². The van der Waals surface area contributed by atoms with E-state index >= 15 is 0 Å². The van der Waals surface area contributed by atoms with Gasteiger partial charge >= 0.3 is 0 Å². The predicted molar refractivity (Wildman–Crippen MR) is 41.3 cm³/mol. The van der Waals surface area contributed by atoms with Crippen LogP contribution in [0.1, 0.15) is 12.0 Å². The molecule has 0 unspecified atom stereocenters. The summed E-state index contributed by atoms with van der Waals surface area (Å²) in [6.45, 7) is 0. The maximum Gasteiger partial charge on any atom is 0.265 e. The Morgan fingerprint density at radius 3 is 2.64 bits per heavy atom. The van der Waals surface area contributed by atoms with Crippen molar-refractivity contribution in [3.8, 4) is 0 Å². The molecule has 0 spiro atoms. The second-order valence-electron chi connectivity index (χ2n) is 1.95. The molecular weight excluding hydrogens is 218 g/mol. The van der Waals surface area contributed by atoms with Crippen molar-refractivity contribution in [1.82, 2.24) is 4.98 Å². The maximum atomic E-state index is 12.0. The topological polar surface area (TPSA) is 38.9 Å². The highest BCUT2D eigenvalue weighted by Gasteiger charge is 2.08. The van der Waals surface area contributed by atoms with Crippen LogP contribution in [0.25, 0.3) is 0 Å². The zero-order chi connectivity index (χ0) is 8.43. The third kappa shape index (κ3) is 1.86. The van der Waals surface area contributed by atoms with Crippen LogP contribution in [-0.4, -0.2) is 4.98 Å². The summed E-state index contributed by atoms with van der Waals surface area (Å²) in [5.41, 5.74) is 5.38. The number of nitrogens with zero attached hydrogens (tertiary/aromatic N) is 1. The van der Waals surface area contributed by atoms with E-state index in [0.29, 0.717) is 4.60 Å². The Hall–Kier alpha value is -0.710. The van der Waals surface area contributed by atoms with Crippen LogP contribution in [0.15, 0.2) is 16.9 Å². The minimum absolute atomic E-state index is 0.161. The van der Waals surface area contributed by atoms with Crippen molar-refractivity contribution in [3.05, 3.63) is 22.4 Å². The molecule has 1 aromatic rings. The molecule has 0 aliphatic carbocycles. The van der Waals surface area contributed by atoms with Crippen LogP contribution in [0.3, 0.4) is 0 Å². The smallest absolute Gasteiger partial charge is 0.265 e. The van der Waals surface area contributed by atoms with Gasteiger partial charge in [0.15, 0.2) is 0 Å². The van der Waals surface area contributed by atoms with Crippen LogP contribution < -0.4 is 5.73 Å². The van der Waals surface area contributed by atoms with Gasteiger partial charge in [0.2, 0.25) is 0 Å². The molecule has 60 valence electrons. The molecule has 0 bridgehead atoms. The van der Waals surface area contributed by atoms with Gasteiger partial charge in [-0.3, -0.25) is 0 Å². The standard InChI is InChI=1S/C6H5BrF2N2/c7-5-4(10)1-3(2-11-5)6(8)9/h1-2,6H,10H2. The lowest BCUT2D eigenvalue weighted by Gasteiger charge is -2.00. The number of hydrogen-bond acceptors (Lipinski definition) is 2. The second-order valence-corrected chi connectivity index (χ2v) is 2.70. The van der Waals surface area contributed by atoms with Crippen LogP contribution in [-0.2, 0) is 0 Å². The fourth-order valence-corrected chi connectivity index (χ4v) is 0.818. The molecule has 2 nitrogen and oxygen atoms in total. The number of halogens is 3. The second kappa shape index (κ2) is 3.13. The average molecular weight is 223 g/mol. The van der Waals surface area contributed by atoms with E-state index in [9.17, 15) is 8.78 Å². The highest BCUT2D eigenvalue weighted by atomic mass is 79.9. The van der Waals surface area contributed by atoms with Crippen LogP contribution in [0.2, 0.25) is 0 Å². The molecule has 0 fully saturated rings. The number of rotatable bonds is 1. The molecule has 2 N–H and O–H groups in total. The number of pyridine rings is 1. The molecule has 0 aliphatic heterocycles. The first-order valence-electron chi connectivity index (χ1n) is 2.80. The average Bonchev–Trinajstić information content (AvgIpc) is 1.94. The van der Waals surface area contributed by atoms with Gasteiger partial charge in [-0.2, -0.15) is 0 Å². The highest BCUT2D eigenvalue weighted by Crippen LogP contribution is 2.23. The lowest BCUT2D eigenvalue weighted by atomic mass is 10.3. The fourth-order valence-electron chi connectivity index (χ4n) is 0.601. The van der Waals surface area contributed by atoms with Gasteiger partial charge in [0.05, 0.1) is 5.69 Å². The van der Waals surface area contributed by atoms with E-state index in [1.54, 1.807) is 0 Å². The Morgan fingerprint density at radius 1 is 1.55 bits per heavy atom. The largest absolute Gasteiger partial charge is 0.397 e. The normalized spacial score (nSPS) is 10.5. The summed E-state index contributed by atoms with van der Waals surface area (Å²) in [4.78, 5) is 3.61. The van der Waals surface area contributed by atoms with E-state index in [-0.39, 0.29) is 11.3 Å². The molecule has 5 heteroatoms. The van der Waals surface area contributed by atoms with Crippen molar-refractivity contribution in [2.24, 2.45) is 0 Å². The summed E-state index contributed by atoms with van der Waals surface area (Å²) in [7, 11) is 0. The van der Waals surface area contributed by atoms with Gasteiger partial charge in [-0.15, -0.1) is 0 Å². The number of aromatic nitrogens is 1. The number of nitrogens with two attached hydrogens (primary N) is 1. The van der Waals surface area contributed by atoms with E-state index < -0.39 is 6.43 Å². The Balaban J connectivity index is 3.05. The monoisotopic (exact) mass is 222 g/mol. The highest BCUT2D eigenvalue weighted by molar-refractivity contribution is 9.10. The summed E-state index contributed by atoms with van der Waals surface area (Å²) >= 11 is 3.00. The summed E-state index contributed by atoms with van der Waals surface area (Å²) in [6, 6.07) is 1.20. The first-order valence-corrected chi connectivity index (χ1v) is 3.59. The molecule has 1 rings (SSSR count). The van der Waals surface area contributed by atoms with Crippen molar-refractivity contribution in [2.45, 2.75) is 6.43 Å². The lowest BCUT2D eigenvalue weighted by Crippen LogP contribution is -1.93. The number of alkyl halides is 2. The van der Waals surface area contributed by atoms with Gasteiger partial charge in [-0.25, -0.2) is 13.8 Å². The third-order valence-corrected chi connectivity index (χ3v) is 1.80. The Labute approximate surface area is 70.6 Å². The Morgan fingerprint density at radius 2 is 2.18 bits per heavy atom. The quantitative estimate of drug-likeness (QED) is 0.742. The molecule has 0 atom stereocenters. The summed E-state index contributed by atoms with van der Waals surface area (Å²) in [6.07, 6.45) is -1.43. The van der Waals surface area contributed by atoms with Gasteiger partial charge in [-0.05, 0) is 22.0 Å². The Bertz CT molecular complexity index is 265. The Kier molecular flexibility index (Phi) is 2.38. The zero-order valence-corrected chi connectivity index (χ0v) is 6.98. The van der Waals surface area contributed by atoms with Gasteiger partial charge in [-0.1, -0.05) is 0 Å².